The SMILES string of the molecule is COc1ccc(/C=C2/NC(=S)N(c3cccc(C)c3)C2=O)cc1COc1ccc(F)cc1. The molecule has 0 spiro atoms. The van der Waals surface area contributed by atoms with Crippen LogP contribution >= 0.6 is 12.2 Å². The van der Waals surface area contributed by atoms with Gasteiger partial charge >= 0.3 is 0 Å². The normalized spacial score (nSPS) is 14.6. The van der Waals surface area contributed by atoms with Gasteiger partial charge in [0.05, 0.1) is 12.8 Å². The average Bonchev–Trinajstić information content (AvgIpc) is 3.06. The van der Waals surface area contributed by atoms with Gasteiger partial charge < -0.3 is 14.8 Å². The van der Waals surface area contributed by atoms with Gasteiger partial charge in [0.25, 0.3) is 5.91 Å². The van der Waals surface area contributed by atoms with Crippen molar-refractivity contribution in [2.24, 2.45) is 0 Å². The average molecular weight is 449 g/mol. The minimum Gasteiger partial charge on any atom is -0.496 e. The Morgan fingerprint density at radius 2 is 1.88 bits per heavy atom. The Hall–Kier alpha value is -3.71. The minimum atomic E-state index is -0.324. The molecule has 1 aliphatic rings. The highest BCUT2D eigenvalue weighted by Crippen LogP contribution is 2.26. The van der Waals surface area contributed by atoms with Crippen LogP contribution in [-0.4, -0.2) is 18.1 Å². The second-order valence-corrected chi connectivity index (χ2v) is 7.67. The molecule has 0 aromatic heterocycles. The first-order chi connectivity index (χ1) is 15.4. The summed E-state index contributed by atoms with van der Waals surface area (Å²) in [5.74, 6) is 0.649. The number of nitrogens with one attached hydrogen (secondary N) is 1. The van der Waals surface area contributed by atoms with Crippen LogP contribution in [-0.2, 0) is 11.4 Å². The summed E-state index contributed by atoms with van der Waals surface area (Å²) in [7, 11) is 1.58. The van der Waals surface area contributed by atoms with Crippen LogP contribution in [0, 0.1) is 12.7 Å². The monoisotopic (exact) mass is 448 g/mol. The highest BCUT2D eigenvalue weighted by atomic mass is 32.1. The van der Waals surface area contributed by atoms with E-state index in [1.54, 1.807) is 25.3 Å². The molecule has 0 radical (unpaired) electrons. The lowest BCUT2D eigenvalue weighted by atomic mass is 10.1. The third kappa shape index (κ3) is 4.63. The number of methoxy groups -OCH3 is 1. The van der Waals surface area contributed by atoms with Crippen molar-refractivity contribution in [1.82, 2.24) is 5.32 Å². The predicted molar refractivity (Wildman–Crippen MR) is 126 cm³/mol. The third-order valence-electron chi connectivity index (χ3n) is 4.96. The van der Waals surface area contributed by atoms with Crippen molar-refractivity contribution in [2.45, 2.75) is 13.5 Å². The van der Waals surface area contributed by atoms with Crippen LogP contribution < -0.4 is 19.7 Å². The summed E-state index contributed by atoms with van der Waals surface area (Å²) in [4.78, 5) is 14.5. The van der Waals surface area contributed by atoms with Gasteiger partial charge in [-0.2, -0.15) is 0 Å². The van der Waals surface area contributed by atoms with Gasteiger partial charge in [0.15, 0.2) is 5.11 Å². The van der Waals surface area contributed by atoms with Gasteiger partial charge in [-0.1, -0.05) is 18.2 Å². The summed E-state index contributed by atoms with van der Waals surface area (Å²) >= 11 is 5.39. The summed E-state index contributed by atoms with van der Waals surface area (Å²) in [5, 5.41) is 3.34. The van der Waals surface area contributed by atoms with E-state index in [1.807, 2.05) is 49.4 Å². The molecule has 4 rings (SSSR count). The number of nitrogens with zero attached hydrogens (tertiary/aromatic N) is 1. The minimum absolute atomic E-state index is 0.222. The Morgan fingerprint density at radius 3 is 2.59 bits per heavy atom. The number of halogens is 1. The molecule has 1 heterocycles. The van der Waals surface area contributed by atoms with E-state index in [1.165, 1.54) is 17.0 Å². The van der Waals surface area contributed by atoms with Gasteiger partial charge in [-0.05, 0) is 84.9 Å². The molecule has 0 aliphatic carbocycles. The fourth-order valence-corrected chi connectivity index (χ4v) is 3.69. The van der Waals surface area contributed by atoms with Crippen LogP contribution in [0.3, 0.4) is 0 Å². The van der Waals surface area contributed by atoms with Crippen LogP contribution in [0.15, 0.2) is 72.4 Å². The number of anilines is 1. The highest BCUT2D eigenvalue weighted by Gasteiger charge is 2.32. The number of amides is 1. The Kier molecular flexibility index (Phi) is 6.18. The molecular weight excluding hydrogens is 427 g/mol. The van der Waals surface area contributed by atoms with Gasteiger partial charge in [-0.25, -0.2) is 4.39 Å². The summed E-state index contributed by atoms with van der Waals surface area (Å²) in [6, 6.07) is 19.0. The van der Waals surface area contributed by atoms with Crippen LogP contribution in [0.25, 0.3) is 6.08 Å². The van der Waals surface area contributed by atoms with Crippen molar-refractivity contribution < 1.29 is 18.7 Å². The molecular formula is C25H21FN2O3S. The van der Waals surface area contributed by atoms with Crippen molar-refractivity contribution in [3.63, 3.8) is 0 Å². The van der Waals surface area contributed by atoms with Crippen molar-refractivity contribution in [2.75, 3.05) is 12.0 Å². The number of benzene rings is 3. The second-order valence-electron chi connectivity index (χ2n) is 7.28. The molecule has 32 heavy (non-hydrogen) atoms. The second kappa shape index (κ2) is 9.20. The Morgan fingerprint density at radius 1 is 1.09 bits per heavy atom. The zero-order chi connectivity index (χ0) is 22.7. The molecule has 0 saturated carbocycles. The van der Waals surface area contributed by atoms with Gasteiger partial charge in [-0.15, -0.1) is 0 Å². The molecule has 162 valence electrons. The molecule has 5 nitrogen and oxygen atoms in total. The number of hydrogen-bond donors (Lipinski definition) is 1. The van der Waals surface area contributed by atoms with E-state index in [9.17, 15) is 9.18 Å². The molecule has 7 heteroatoms. The Balaban J connectivity index is 1.57. The summed E-state index contributed by atoms with van der Waals surface area (Å²) in [6.07, 6.45) is 1.74. The molecule has 1 N–H and O–H groups in total. The number of rotatable bonds is 6. The number of carbonyl (C=O) groups excluding carboxylic acids is 1. The van der Waals surface area contributed by atoms with E-state index in [0.29, 0.717) is 22.3 Å². The van der Waals surface area contributed by atoms with E-state index in [-0.39, 0.29) is 18.3 Å². The number of carbonyl (C=O) groups is 1. The lowest BCUT2D eigenvalue weighted by molar-refractivity contribution is -0.113. The van der Waals surface area contributed by atoms with Gasteiger partial charge in [-0.3, -0.25) is 9.69 Å². The first-order valence-corrected chi connectivity index (χ1v) is 10.3. The zero-order valence-electron chi connectivity index (χ0n) is 17.6. The lowest BCUT2D eigenvalue weighted by Crippen LogP contribution is -2.30. The van der Waals surface area contributed by atoms with E-state index < -0.39 is 0 Å². The van der Waals surface area contributed by atoms with Crippen molar-refractivity contribution >= 4 is 35.0 Å². The largest absolute Gasteiger partial charge is 0.496 e. The molecule has 0 unspecified atom stereocenters. The number of thiocarbonyl (C=S) groups is 1. The third-order valence-corrected chi connectivity index (χ3v) is 5.25. The zero-order valence-corrected chi connectivity index (χ0v) is 18.4. The van der Waals surface area contributed by atoms with Gasteiger partial charge in [0.2, 0.25) is 0 Å². The fourth-order valence-electron chi connectivity index (χ4n) is 3.40. The Bertz CT molecular complexity index is 1210. The van der Waals surface area contributed by atoms with Crippen molar-refractivity contribution in [1.29, 1.82) is 0 Å². The van der Waals surface area contributed by atoms with E-state index in [4.69, 9.17) is 21.7 Å². The molecule has 1 aliphatic heterocycles. The maximum Gasteiger partial charge on any atom is 0.281 e. The molecule has 0 bridgehead atoms. The topological polar surface area (TPSA) is 50.8 Å². The summed E-state index contributed by atoms with van der Waals surface area (Å²) in [6.45, 7) is 2.19. The van der Waals surface area contributed by atoms with Crippen LogP contribution in [0.5, 0.6) is 11.5 Å². The first kappa shape index (κ1) is 21.5. The predicted octanol–water partition coefficient (Wildman–Crippen LogP) is 4.98. The number of hydrogen-bond acceptors (Lipinski definition) is 4. The van der Waals surface area contributed by atoms with Gasteiger partial charge in [0.1, 0.15) is 29.6 Å². The summed E-state index contributed by atoms with van der Waals surface area (Å²) < 4.78 is 24.3. The maximum atomic E-state index is 13.1. The molecule has 1 amide bonds. The number of aryl methyl sites for hydroxylation is 1. The molecule has 0 atom stereocenters. The molecule has 3 aromatic rings. The smallest absolute Gasteiger partial charge is 0.281 e. The highest BCUT2D eigenvalue weighted by molar-refractivity contribution is 7.80. The standard InChI is InChI=1S/C25H21FN2O3S/c1-16-4-3-5-20(12-16)28-24(29)22(27-25(28)32)14-17-6-11-23(30-2)18(13-17)15-31-21-9-7-19(26)8-10-21/h3-14H,15H2,1-2H3,(H,27,32)/b22-14+. The van der Waals surface area contributed by atoms with Crippen molar-refractivity contribution in [3.8, 4) is 11.5 Å². The fraction of sp³-hybridized carbons (Fsp3) is 0.120. The van der Waals surface area contributed by atoms with E-state index in [0.717, 1.165) is 22.4 Å². The van der Waals surface area contributed by atoms with Crippen LogP contribution in [0.1, 0.15) is 16.7 Å². The lowest BCUT2D eigenvalue weighted by Gasteiger charge is -2.14. The number of ether oxygens (including phenoxy) is 2. The molecule has 1 saturated heterocycles. The molecule has 3 aromatic carbocycles. The van der Waals surface area contributed by atoms with Crippen LogP contribution in [0.4, 0.5) is 10.1 Å². The summed E-state index contributed by atoms with van der Waals surface area (Å²) in [5.41, 5.74) is 3.71. The van der Waals surface area contributed by atoms with Crippen molar-refractivity contribution in [3.05, 3.63) is 94.9 Å². The maximum absolute atomic E-state index is 13.1. The molecule has 1 fully saturated rings. The Labute approximate surface area is 191 Å². The van der Waals surface area contributed by atoms with E-state index >= 15 is 0 Å². The van der Waals surface area contributed by atoms with E-state index in [2.05, 4.69) is 5.32 Å². The van der Waals surface area contributed by atoms with Crippen LogP contribution in [0.2, 0.25) is 0 Å². The van der Waals surface area contributed by atoms with Gasteiger partial charge in [0, 0.05) is 5.56 Å². The first-order valence-electron chi connectivity index (χ1n) is 9.93. The quantitative estimate of drug-likeness (QED) is 0.426.